The molecular formula is C20H21F3N2O5S. The zero-order chi connectivity index (χ0) is 22.6. The number of sulfonamides is 1. The summed E-state index contributed by atoms with van der Waals surface area (Å²) in [5, 5.41) is 0. The molecule has 1 N–H and O–H groups in total. The van der Waals surface area contributed by atoms with Gasteiger partial charge in [-0.2, -0.15) is 13.2 Å². The first kappa shape index (κ1) is 22.9. The topological polar surface area (TPSA) is 84.9 Å². The lowest BCUT2D eigenvalue weighted by molar-refractivity contribution is -0.142. The summed E-state index contributed by atoms with van der Waals surface area (Å²) in [6.45, 7) is 3.42. The van der Waals surface area contributed by atoms with Crippen LogP contribution >= 0.6 is 0 Å². The van der Waals surface area contributed by atoms with Gasteiger partial charge in [0.1, 0.15) is 5.75 Å². The Labute approximate surface area is 177 Å². The highest BCUT2D eigenvalue weighted by atomic mass is 32.2. The van der Waals surface area contributed by atoms with Crippen molar-refractivity contribution in [3.63, 3.8) is 0 Å². The molecule has 7 nitrogen and oxygen atoms in total. The van der Waals surface area contributed by atoms with Gasteiger partial charge in [-0.3, -0.25) is 9.52 Å². The van der Waals surface area contributed by atoms with Crippen LogP contribution in [0.5, 0.6) is 5.75 Å². The van der Waals surface area contributed by atoms with Crippen molar-refractivity contribution >= 4 is 21.6 Å². The van der Waals surface area contributed by atoms with E-state index in [1.807, 2.05) is 4.72 Å². The second-order valence-electron chi connectivity index (χ2n) is 6.82. The van der Waals surface area contributed by atoms with Crippen molar-refractivity contribution in [1.82, 2.24) is 4.90 Å². The summed E-state index contributed by atoms with van der Waals surface area (Å²) in [4.78, 5) is 13.8. The summed E-state index contributed by atoms with van der Waals surface area (Å²) < 4.78 is 77.2. The summed E-state index contributed by atoms with van der Waals surface area (Å²) in [5.41, 5.74) is -1.66. The Morgan fingerprint density at radius 3 is 2.32 bits per heavy atom. The predicted molar refractivity (Wildman–Crippen MR) is 106 cm³/mol. The zero-order valence-corrected chi connectivity index (χ0v) is 17.4. The Hall–Kier alpha value is -2.79. The number of morpholine rings is 1. The molecule has 0 bridgehead atoms. The third kappa shape index (κ3) is 5.67. The van der Waals surface area contributed by atoms with Crippen LogP contribution in [0.2, 0.25) is 0 Å². The van der Waals surface area contributed by atoms with Gasteiger partial charge in [0.2, 0.25) is 0 Å². The van der Waals surface area contributed by atoms with Gasteiger partial charge in [0, 0.05) is 13.1 Å². The van der Waals surface area contributed by atoms with E-state index < -0.39 is 33.6 Å². The summed E-state index contributed by atoms with van der Waals surface area (Å²) in [6.07, 6.45) is -5.50. The lowest BCUT2D eigenvalue weighted by Crippen LogP contribution is -2.46. The van der Waals surface area contributed by atoms with Gasteiger partial charge in [0.15, 0.2) is 6.10 Å². The van der Waals surface area contributed by atoms with Crippen molar-refractivity contribution in [2.45, 2.75) is 24.1 Å². The fourth-order valence-electron chi connectivity index (χ4n) is 3.02. The third-order valence-corrected chi connectivity index (χ3v) is 5.98. The van der Waals surface area contributed by atoms with Crippen LogP contribution in [0.3, 0.4) is 0 Å². The van der Waals surface area contributed by atoms with Crippen molar-refractivity contribution in [2.75, 3.05) is 31.0 Å². The number of hydrogen-bond acceptors (Lipinski definition) is 5. The summed E-state index contributed by atoms with van der Waals surface area (Å²) in [6, 6.07) is 9.38. The Morgan fingerprint density at radius 1 is 1.10 bits per heavy atom. The molecule has 1 fully saturated rings. The smallest absolute Gasteiger partial charge is 0.418 e. The Bertz CT molecular complexity index is 1020. The third-order valence-electron chi connectivity index (χ3n) is 4.59. The van der Waals surface area contributed by atoms with Crippen LogP contribution in [0.25, 0.3) is 0 Å². The minimum atomic E-state index is -4.71. The number of alkyl halides is 3. The van der Waals surface area contributed by atoms with E-state index >= 15 is 0 Å². The molecule has 1 aliphatic rings. The molecule has 0 saturated carbocycles. The number of hydrogen-bond donors (Lipinski definition) is 1. The number of halogens is 3. The highest BCUT2D eigenvalue weighted by Crippen LogP contribution is 2.35. The monoisotopic (exact) mass is 458 g/mol. The molecule has 1 atom stereocenters. The number of nitrogens with zero attached hydrogens (tertiary/aromatic N) is 1. The van der Waals surface area contributed by atoms with Gasteiger partial charge in [-0.1, -0.05) is 12.1 Å². The summed E-state index contributed by atoms with van der Waals surface area (Å²) in [5.74, 6) is 0.0363. The van der Waals surface area contributed by atoms with Crippen molar-refractivity contribution in [3.05, 3.63) is 54.1 Å². The molecule has 3 rings (SSSR count). The standard InChI is InChI=1S/C20H21F3N2O5S/c1-14(19(26)25-10-12-29-13-11-25)30-15-6-8-16(9-7-15)31(27,28)24-18-5-3-2-4-17(18)20(21,22)23/h2-9,14,24H,10-13H2,1H3/t14-/m0/s1. The number of rotatable bonds is 6. The molecule has 1 aliphatic heterocycles. The number of benzene rings is 2. The minimum Gasteiger partial charge on any atom is -0.481 e. The van der Waals surface area contributed by atoms with Gasteiger partial charge in [-0.05, 0) is 43.3 Å². The lowest BCUT2D eigenvalue weighted by atomic mass is 10.2. The number of amides is 1. The van der Waals surface area contributed by atoms with Crippen molar-refractivity contribution < 1.29 is 35.9 Å². The Morgan fingerprint density at radius 2 is 1.71 bits per heavy atom. The Balaban J connectivity index is 1.70. The van der Waals surface area contributed by atoms with E-state index in [-0.39, 0.29) is 16.6 Å². The molecule has 2 aromatic rings. The molecule has 11 heteroatoms. The molecule has 0 aromatic heterocycles. The van der Waals surface area contributed by atoms with Crippen molar-refractivity contribution in [3.8, 4) is 5.75 Å². The normalized spacial score (nSPS) is 15.9. The summed E-state index contributed by atoms with van der Waals surface area (Å²) in [7, 11) is -4.27. The largest absolute Gasteiger partial charge is 0.481 e. The van der Waals surface area contributed by atoms with Crippen LogP contribution in [0.1, 0.15) is 12.5 Å². The number of para-hydroxylation sites is 1. The number of carbonyl (C=O) groups excluding carboxylic acids is 1. The van der Waals surface area contributed by atoms with Gasteiger partial charge >= 0.3 is 6.18 Å². The summed E-state index contributed by atoms with van der Waals surface area (Å²) >= 11 is 0. The van der Waals surface area contributed by atoms with Gasteiger partial charge in [0.05, 0.1) is 29.4 Å². The maximum Gasteiger partial charge on any atom is 0.418 e. The number of nitrogens with one attached hydrogen (secondary N) is 1. The highest BCUT2D eigenvalue weighted by molar-refractivity contribution is 7.92. The van der Waals surface area contributed by atoms with E-state index in [1.165, 1.54) is 36.4 Å². The van der Waals surface area contributed by atoms with Crippen LogP contribution in [-0.2, 0) is 25.7 Å². The predicted octanol–water partition coefficient (Wildman–Crippen LogP) is 3.13. The SMILES string of the molecule is C[C@H](Oc1ccc(S(=O)(=O)Nc2ccccc2C(F)(F)F)cc1)C(=O)N1CCOCC1. The molecule has 168 valence electrons. The van der Waals surface area contributed by atoms with E-state index in [1.54, 1.807) is 11.8 Å². The van der Waals surface area contributed by atoms with Crippen molar-refractivity contribution in [1.29, 1.82) is 0 Å². The Kier molecular flexibility index (Phi) is 6.75. The van der Waals surface area contributed by atoms with Gasteiger partial charge in [-0.25, -0.2) is 8.42 Å². The second-order valence-corrected chi connectivity index (χ2v) is 8.50. The number of carbonyl (C=O) groups is 1. The average molecular weight is 458 g/mol. The molecule has 2 aromatic carbocycles. The van der Waals surface area contributed by atoms with Gasteiger partial charge < -0.3 is 14.4 Å². The van der Waals surface area contributed by atoms with Gasteiger partial charge in [-0.15, -0.1) is 0 Å². The lowest BCUT2D eigenvalue weighted by Gasteiger charge is -2.29. The van der Waals surface area contributed by atoms with Gasteiger partial charge in [0.25, 0.3) is 15.9 Å². The van der Waals surface area contributed by atoms with Crippen LogP contribution in [0, 0.1) is 0 Å². The van der Waals surface area contributed by atoms with E-state index in [0.717, 1.165) is 12.1 Å². The quantitative estimate of drug-likeness (QED) is 0.719. The molecule has 31 heavy (non-hydrogen) atoms. The fourth-order valence-corrected chi connectivity index (χ4v) is 4.10. The first-order valence-electron chi connectivity index (χ1n) is 9.40. The molecule has 0 unspecified atom stereocenters. The van der Waals surface area contributed by atoms with E-state index in [4.69, 9.17) is 9.47 Å². The minimum absolute atomic E-state index is 0.217. The number of ether oxygens (including phenoxy) is 2. The number of anilines is 1. The van der Waals surface area contributed by atoms with Crippen LogP contribution in [0.15, 0.2) is 53.4 Å². The first-order valence-corrected chi connectivity index (χ1v) is 10.9. The molecule has 1 heterocycles. The van der Waals surface area contributed by atoms with E-state index in [9.17, 15) is 26.4 Å². The molecule has 0 radical (unpaired) electrons. The molecule has 0 aliphatic carbocycles. The first-order chi connectivity index (χ1) is 14.6. The highest BCUT2D eigenvalue weighted by Gasteiger charge is 2.34. The van der Waals surface area contributed by atoms with E-state index in [2.05, 4.69) is 0 Å². The average Bonchev–Trinajstić information content (AvgIpc) is 2.73. The maximum atomic E-state index is 13.1. The van der Waals surface area contributed by atoms with Crippen LogP contribution in [0.4, 0.5) is 18.9 Å². The van der Waals surface area contributed by atoms with E-state index in [0.29, 0.717) is 26.3 Å². The fraction of sp³-hybridized carbons (Fsp3) is 0.350. The van der Waals surface area contributed by atoms with Crippen LogP contribution < -0.4 is 9.46 Å². The molecule has 0 spiro atoms. The van der Waals surface area contributed by atoms with Crippen LogP contribution in [-0.4, -0.2) is 51.6 Å². The maximum absolute atomic E-state index is 13.1. The van der Waals surface area contributed by atoms with Crippen molar-refractivity contribution in [2.24, 2.45) is 0 Å². The molecule has 1 saturated heterocycles. The molecule has 1 amide bonds. The molecular weight excluding hydrogens is 437 g/mol. The second kappa shape index (κ2) is 9.15. The zero-order valence-electron chi connectivity index (χ0n) is 16.6.